The molecule has 2 saturated carbocycles. The smallest absolute Gasteiger partial charge is 0.351 e. The van der Waals surface area contributed by atoms with Crippen LogP contribution in [-0.2, 0) is 16.2 Å². The highest BCUT2D eigenvalue weighted by atomic mass is 35.5. The molecule has 0 heterocycles. The van der Waals surface area contributed by atoms with Crippen LogP contribution in [0.4, 0.5) is 13.2 Å². The molecule has 31 heavy (non-hydrogen) atoms. The lowest BCUT2D eigenvalue weighted by molar-refractivity contribution is -0.137. The molecule has 10 heteroatoms. The van der Waals surface area contributed by atoms with Crippen molar-refractivity contribution in [2.24, 2.45) is 11.3 Å². The van der Waals surface area contributed by atoms with E-state index < -0.39 is 27.7 Å². The second kappa shape index (κ2) is 8.90. The maximum Gasteiger partial charge on any atom is 0.416 e. The van der Waals surface area contributed by atoms with Crippen LogP contribution in [0.5, 0.6) is 0 Å². The van der Waals surface area contributed by atoms with Crippen molar-refractivity contribution in [2.45, 2.75) is 57.7 Å². The molecule has 1 amide bonds. The Bertz CT molecular complexity index is 926. The lowest BCUT2D eigenvalue weighted by Gasteiger charge is -2.51. The third kappa shape index (κ3) is 5.73. The lowest BCUT2D eigenvalue weighted by Crippen LogP contribution is -2.56. The van der Waals surface area contributed by atoms with Gasteiger partial charge in [0.2, 0.25) is 10.0 Å². The highest BCUT2D eigenvalue weighted by Crippen LogP contribution is 2.52. The van der Waals surface area contributed by atoms with Gasteiger partial charge in [0.25, 0.3) is 5.91 Å². The highest BCUT2D eigenvalue weighted by Gasteiger charge is 2.50. The average Bonchev–Trinajstić information content (AvgIpc) is 3.45. The fraction of sp³-hybridized carbons (Fsp3) is 0.667. The minimum atomic E-state index is -4.53. The molecule has 2 aliphatic rings. The number of hydrogen-bond donors (Lipinski definition) is 1. The van der Waals surface area contributed by atoms with Crippen molar-refractivity contribution >= 4 is 27.5 Å². The molecule has 1 aromatic rings. The van der Waals surface area contributed by atoms with Gasteiger partial charge in [-0.15, -0.1) is 0 Å². The van der Waals surface area contributed by atoms with Gasteiger partial charge in [-0.1, -0.05) is 31.4 Å². The molecule has 0 unspecified atom stereocenters. The molecular formula is C21H28ClF3N2O3S. The highest BCUT2D eigenvalue weighted by molar-refractivity contribution is 7.89. The van der Waals surface area contributed by atoms with Crippen LogP contribution in [0.2, 0.25) is 5.02 Å². The molecule has 3 rings (SSSR count). The van der Waals surface area contributed by atoms with Crippen LogP contribution >= 0.6 is 11.6 Å². The van der Waals surface area contributed by atoms with E-state index in [4.69, 9.17) is 11.6 Å². The van der Waals surface area contributed by atoms with Gasteiger partial charge in [0.1, 0.15) is 0 Å². The molecule has 5 nitrogen and oxygen atoms in total. The first-order chi connectivity index (χ1) is 14.4. The van der Waals surface area contributed by atoms with Crippen LogP contribution in [0.15, 0.2) is 18.2 Å². The van der Waals surface area contributed by atoms with Crippen LogP contribution < -0.4 is 5.32 Å². The molecule has 0 aromatic heterocycles. The maximum absolute atomic E-state index is 12.8. The Labute approximate surface area is 186 Å². The Kier molecular flexibility index (Phi) is 6.99. The molecule has 174 valence electrons. The summed E-state index contributed by atoms with van der Waals surface area (Å²) >= 11 is 5.93. The van der Waals surface area contributed by atoms with Crippen molar-refractivity contribution in [1.29, 1.82) is 0 Å². The second-order valence-corrected chi connectivity index (χ2v) is 11.5. The van der Waals surface area contributed by atoms with Crippen LogP contribution in [0.25, 0.3) is 0 Å². The summed E-state index contributed by atoms with van der Waals surface area (Å²) in [6.45, 7) is 2.17. The number of hydrogen-bond acceptors (Lipinski definition) is 3. The van der Waals surface area contributed by atoms with Gasteiger partial charge in [-0.25, -0.2) is 12.7 Å². The number of rotatable bonds is 9. The van der Waals surface area contributed by atoms with Crippen molar-refractivity contribution in [3.63, 3.8) is 0 Å². The molecular weight excluding hydrogens is 453 g/mol. The molecule has 1 aromatic carbocycles. The van der Waals surface area contributed by atoms with Gasteiger partial charge in [-0.05, 0) is 55.2 Å². The first-order valence-electron chi connectivity index (χ1n) is 10.5. The van der Waals surface area contributed by atoms with Crippen molar-refractivity contribution in [3.8, 4) is 0 Å². The largest absolute Gasteiger partial charge is 0.416 e. The summed E-state index contributed by atoms with van der Waals surface area (Å²) in [5.74, 6) is 0.174. The van der Waals surface area contributed by atoms with Gasteiger partial charge >= 0.3 is 6.18 Å². The van der Waals surface area contributed by atoms with Crippen LogP contribution in [0.1, 0.15) is 61.4 Å². The molecule has 0 atom stereocenters. The Hall–Kier alpha value is -1.32. The third-order valence-electron chi connectivity index (χ3n) is 6.34. The van der Waals surface area contributed by atoms with E-state index in [-0.39, 0.29) is 27.8 Å². The maximum atomic E-state index is 12.8. The van der Waals surface area contributed by atoms with E-state index >= 15 is 0 Å². The van der Waals surface area contributed by atoms with Crippen molar-refractivity contribution in [1.82, 2.24) is 9.62 Å². The van der Waals surface area contributed by atoms with Gasteiger partial charge in [0.05, 0.1) is 21.9 Å². The first-order valence-corrected chi connectivity index (χ1v) is 12.5. The van der Waals surface area contributed by atoms with Crippen LogP contribution in [0.3, 0.4) is 0 Å². The molecule has 2 fully saturated rings. The molecule has 0 radical (unpaired) electrons. The van der Waals surface area contributed by atoms with E-state index in [2.05, 4.69) is 5.32 Å². The number of sulfonamides is 1. The second-order valence-electron chi connectivity index (χ2n) is 8.92. The zero-order valence-corrected chi connectivity index (χ0v) is 19.2. The topological polar surface area (TPSA) is 66.5 Å². The van der Waals surface area contributed by atoms with Crippen LogP contribution in [-0.4, -0.2) is 44.0 Å². The zero-order chi connectivity index (χ0) is 23.0. The molecule has 0 spiro atoms. The summed E-state index contributed by atoms with van der Waals surface area (Å²) in [5, 5.41) is 2.58. The summed E-state index contributed by atoms with van der Waals surface area (Å²) in [6, 6.07) is 2.58. The zero-order valence-electron chi connectivity index (χ0n) is 17.6. The number of amides is 1. The normalized spacial score (nSPS) is 24.2. The summed E-state index contributed by atoms with van der Waals surface area (Å²) < 4.78 is 64.6. The van der Waals surface area contributed by atoms with E-state index in [0.717, 1.165) is 37.5 Å². The van der Waals surface area contributed by atoms with E-state index in [1.807, 2.05) is 6.92 Å². The van der Waals surface area contributed by atoms with E-state index in [1.54, 1.807) is 7.05 Å². The minimum Gasteiger partial charge on any atom is -0.351 e. The molecule has 0 bridgehead atoms. The molecule has 0 saturated heterocycles. The third-order valence-corrected chi connectivity index (χ3v) is 8.75. The van der Waals surface area contributed by atoms with Crippen LogP contribution in [0, 0.1) is 11.3 Å². The van der Waals surface area contributed by atoms with Crippen molar-refractivity contribution in [3.05, 3.63) is 34.3 Å². The monoisotopic (exact) mass is 480 g/mol. The molecule has 1 N–H and O–H groups in total. The Morgan fingerprint density at radius 3 is 2.45 bits per heavy atom. The quantitative estimate of drug-likeness (QED) is 0.556. The van der Waals surface area contributed by atoms with Gasteiger partial charge < -0.3 is 5.32 Å². The Morgan fingerprint density at radius 2 is 1.94 bits per heavy atom. The number of nitrogens with one attached hydrogen (secondary N) is 1. The number of alkyl halides is 3. The van der Waals surface area contributed by atoms with Gasteiger partial charge in [0.15, 0.2) is 0 Å². The Balaban J connectivity index is 1.65. The SMILES string of the molecule is CCCS(=O)(=O)N(C)[C@H]1C[C@](CNC(=O)c2ccc(C(F)(F)F)cc2Cl)(CC2CC2)C1. The summed E-state index contributed by atoms with van der Waals surface area (Å²) in [6.07, 6.45) is 0.513. The summed E-state index contributed by atoms with van der Waals surface area (Å²) in [5.41, 5.74) is -1.11. The Morgan fingerprint density at radius 1 is 1.29 bits per heavy atom. The first kappa shape index (κ1) is 24.3. The number of carbonyl (C=O) groups excluding carboxylic acids is 1. The lowest BCUT2D eigenvalue weighted by atomic mass is 9.62. The fourth-order valence-electron chi connectivity index (χ4n) is 4.38. The molecule has 0 aliphatic heterocycles. The average molecular weight is 481 g/mol. The number of benzene rings is 1. The predicted molar refractivity (Wildman–Crippen MR) is 113 cm³/mol. The van der Waals surface area contributed by atoms with E-state index in [9.17, 15) is 26.4 Å². The number of nitrogens with zero attached hydrogens (tertiary/aromatic N) is 1. The predicted octanol–water partition coefficient (Wildman–Crippen LogP) is 4.71. The summed E-state index contributed by atoms with van der Waals surface area (Å²) in [7, 11) is -1.68. The number of halogens is 4. The molecule has 2 aliphatic carbocycles. The van der Waals surface area contributed by atoms with E-state index in [1.165, 1.54) is 4.31 Å². The summed E-state index contributed by atoms with van der Waals surface area (Å²) in [4.78, 5) is 12.6. The van der Waals surface area contributed by atoms with Crippen molar-refractivity contribution < 1.29 is 26.4 Å². The van der Waals surface area contributed by atoms with Crippen molar-refractivity contribution in [2.75, 3.05) is 19.3 Å². The van der Waals surface area contributed by atoms with Gasteiger partial charge in [0, 0.05) is 19.6 Å². The number of carbonyl (C=O) groups is 1. The van der Waals surface area contributed by atoms with Gasteiger partial charge in [-0.3, -0.25) is 4.79 Å². The standard InChI is InChI=1S/C21H28ClF3N2O3S/c1-3-8-31(29,30)27(2)16-11-20(12-16,10-14-4-5-14)13-26-19(28)17-7-6-15(9-18(17)22)21(23,24)25/h6-7,9,14,16H,3-5,8,10-13H2,1-2H3,(H,26,28)/t16-,20+. The fourth-order valence-corrected chi connectivity index (χ4v) is 6.06. The minimum absolute atomic E-state index is 0.00486. The van der Waals surface area contributed by atoms with Gasteiger partial charge in [-0.2, -0.15) is 13.2 Å². The van der Waals surface area contributed by atoms with E-state index in [0.29, 0.717) is 31.7 Å².